The Morgan fingerprint density at radius 3 is 2.82 bits per heavy atom. The van der Waals surface area contributed by atoms with E-state index in [1.165, 1.54) is 0 Å². The van der Waals surface area contributed by atoms with E-state index in [9.17, 15) is 4.79 Å². The summed E-state index contributed by atoms with van der Waals surface area (Å²) in [5.41, 5.74) is 0.713. The highest BCUT2D eigenvalue weighted by molar-refractivity contribution is 5.69. The van der Waals surface area contributed by atoms with Gasteiger partial charge in [0.15, 0.2) is 0 Å². The number of amides is 1. The van der Waals surface area contributed by atoms with Gasteiger partial charge in [-0.1, -0.05) is 0 Å². The van der Waals surface area contributed by atoms with Gasteiger partial charge in [0.1, 0.15) is 5.60 Å². The lowest BCUT2D eigenvalue weighted by molar-refractivity contribution is -0.00100. The summed E-state index contributed by atoms with van der Waals surface area (Å²) >= 11 is 0. The molecule has 0 radical (unpaired) electrons. The standard InChI is InChI=1S/C12H19N3O2/c1-12(2,3)17-11(16)15-7-9(8-15)6-10-4-5-13-14-10/h4-5,9H,6-8H2,1-3H3,(H,13,14). The molecule has 94 valence electrons. The number of nitrogens with one attached hydrogen (secondary N) is 1. The first-order chi connectivity index (χ1) is 7.94. The first kappa shape index (κ1) is 12.0. The van der Waals surface area contributed by atoms with Crippen LogP contribution in [-0.2, 0) is 11.2 Å². The maximum absolute atomic E-state index is 11.7. The van der Waals surface area contributed by atoms with Crippen LogP contribution < -0.4 is 0 Å². The van der Waals surface area contributed by atoms with Gasteiger partial charge >= 0.3 is 6.09 Å². The lowest BCUT2D eigenvalue weighted by Gasteiger charge is -2.39. The normalized spacial score (nSPS) is 16.8. The van der Waals surface area contributed by atoms with Crippen molar-refractivity contribution >= 4 is 6.09 Å². The van der Waals surface area contributed by atoms with Gasteiger partial charge in [-0.3, -0.25) is 5.10 Å². The molecule has 1 aliphatic rings. The number of H-pyrrole nitrogens is 1. The van der Waals surface area contributed by atoms with Crippen LogP contribution in [0.4, 0.5) is 4.79 Å². The molecule has 1 aromatic rings. The number of carbonyl (C=O) groups excluding carboxylic acids is 1. The van der Waals surface area contributed by atoms with Crippen molar-refractivity contribution < 1.29 is 9.53 Å². The van der Waals surface area contributed by atoms with E-state index in [1.807, 2.05) is 26.8 Å². The molecule has 5 heteroatoms. The van der Waals surface area contributed by atoms with Gasteiger partial charge in [0, 0.05) is 25.0 Å². The highest BCUT2D eigenvalue weighted by Gasteiger charge is 2.33. The van der Waals surface area contributed by atoms with E-state index in [4.69, 9.17) is 4.74 Å². The molecule has 17 heavy (non-hydrogen) atoms. The van der Waals surface area contributed by atoms with Crippen molar-refractivity contribution in [2.75, 3.05) is 13.1 Å². The van der Waals surface area contributed by atoms with Crippen LogP contribution in [0, 0.1) is 5.92 Å². The number of nitrogens with zero attached hydrogens (tertiary/aromatic N) is 2. The Kier molecular flexibility index (Phi) is 3.09. The summed E-state index contributed by atoms with van der Waals surface area (Å²) in [6.45, 7) is 7.19. The van der Waals surface area contributed by atoms with Crippen LogP contribution in [0.5, 0.6) is 0 Å². The Hall–Kier alpha value is -1.52. The first-order valence-corrected chi connectivity index (χ1v) is 5.90. The molecule has 1 aliphatic heterocycles. The molecular weight excluding hydrogens is 218 g/mol. The van der Waals surface area contributed by atoms with Crippen molar-refractivity contribution in [2.24, 2.45) is 5.92 Å². The smallest absolute Gasteiger partial charge is 0.410 e. The molecule has 1 N–H and O–H groups in total. The van der Waals surface area contributed by atoms with Gasteiger partial charge in [0.2, 0.25) is 0 Å². The molecule has 1 saturated heterocycles. The van der Waals surface area contributed by atoms with Crippen LogP contribution in [-0.4, -0.2) is 39.9 Å². The lowest BCUT2D eigenvalue weighted by Crippen LogP contribution is -2.52. The molecule has 0 spiro atoms. The molecule has 1 fully saturated rings. The third-order valence-electron chi connectivity index (χ3n) is 2.68. The third kappa shape index (κ3) is 3.22. The molecule has 5 nitrogen and oxygen atoms in total. The molecule has 0 atom stereocenters. The Labute approximate surface area is 101 Å². The number of hydrogen-bond acceptors (Lipinski definition) is 3. The van der Waals surface area contributed by atoms with Gasteiger partial charge in [0.05, 0.1) is 0 Å². The second-order valence-corrected chi connectivity index (χ2v) is 5.54. The predicted octanol–water partition coefficient (Wildman–Crippen LogP) is 1.82. The maximum atomic E-state index is 11.7. The van der Waals surface area contributed by atoms with Crippen molar-refractivity contribution in [3.63, 3.8) is 0 Å². The van der Waals surface area contributed by atoms with E-state index in [2.05, 4.69) is 10.2 Å². The summed E-state index contributed by atoms with van der Waals surface area (Å²) in [6, 6.07) is 1.97. The molecule has 2 heterocycles. The van der Waals surface area contributed by atoms with Gasteiger partial charge in [-0.25, -0.2) is 4.79 Å². The Morgan fingerprint density at radius 2 is 2.29 bits per heavy atom. The van der Waals surface area contributed by atoms with Gasteiger partial charge in [-0.15, -0.1) is 0 Å². The summed E-state index contributed by atoms with van der Waals surface area (Å²) in [5.74, 6) is 0.517. The number of hydrogen-bond donors (Lipinski definition) is 1. The number of rotatable bonds is 2. The minimum absolute atomic E-state index is 0.210. The number of likely N-dealkylation sites (tertiary alicyclic amines) is 1. The molecule has 0 unspecified atom stereocenters. The first-order valence-electron chi connectivity index (χ1n) is 5.90. The Bertz CT molecular complexity index is 375. The molecular formula is C12H19N3O2. The highest BCUT2D eigenvalue weighted by Crippen LogP contribution is 2.22. The molecule has 0 aromatic carbocycles. The van der Waals surface area contributed by atoms with Crippen LogP contribution in [0.3, 0.4) is 0 Å². The molecule has 1 amide bonds. The summed E-state index contributed by atoms with van der Waals surface area (Å²) < 4.78 is 5.29. The van der Waals surface area contributed by atoms with Crippen LogP contribution in [0.15, 0.2) is 12.3 Å². The van der Waals surface area contributed by atoms with E-state index in [1.54, 1.807) is 11.1 Å². The fraction of sp³-hybridized carbons (Fsp3) is 0.667. The van der Waals surface area contributed by atoms with Crippen LogP contribution in [0.25, 0.3) is 0 Å². The van der Waals surface area contributed by atoms with Crippen molar-refractivity contribution in [3.8, 4) is 0 Å². The topological polar surface area (TPSA) is 58.2 Å². The molecule has 1 aromatic heterocycles. The van der Waals surface area contributed by atoms with E-state index >= 15 is 0 Å². The van der Waals surface area contributed by atoms with Crippen molar-refractivity contribution in [3.05, 3.63) is 18.0 Å². The van der Waals surface area contributed by atoms with Gasteiger partial charge in [-0.05, 0) is 39.2 Å². The molecule has 0 bridgehead atoms. The van der Waals surface area contributed by atoms with Crippen LogP contribution in [0.2, 0.25) is 0 Å². The zero-order chi connectivity index (χ0) is 12.5. The second-order valence-electron chi connectivity index (χ2n) is 5.54. The predicted molar refractivity (Wildman–Crippen MR) is 63.6 cm³/mol. The zero-order valence-corrected chi connectivity index (χ0v) is 10.6. The number of aromatic amines is 1. The number of aromatic nitrogens is 2. The third-order valence-corrected chi connectivity index (χ3v) is 2.68. The lowest BCUT2D eigenvalue weighted by atomic mass is 9.95. The van der Waals surface area contributed by atoms with Crippen LogP contribution in [0.1, 0.15) is 26.5 Å². The van der Waals surface area contributed by atoms with Gasteiger partial charge in [-0.2, -0.15) is 5.10 Å². The van der Waals surface area contributed by atoms with Gasteiger partial charge < -0.3 is 9.64 Å². The summed E-state index contributed by atoms with van der Waals surface area (Å²) in [5, 5.41) is 6.84. The average molecular weight is 237 g/mol. The SMILES string of the molecule is CC(C)(C)OC(=O)N1CC(Cc2ccn[nH]2)C1. The number of carbonyl (C=O) groups is 1. The molecule has 2 rings (SSSR count). The van der Waals surface area contributed by atoms with Gasteiger partial charge in [0.25, 0.3) is 0 Å². The monoisotopic (exact) mass is 237 g/mol. The second kappa shape index (κ2) is 4.39. The minimum Gasteiger partial charge on any atom is -0.444 e. The van der Waals surface area contributed by atoms with E-state index < -0.39 is 5.60 Å². The van der Waals surface area contributed by atoms with Crippen LogP contribution >= 0.6 is 0 Å². The quantitative estimate of drug-likeness (QED) is 0.853. The van der Waals surface area contributed by atoms with E-state index in [-0.39, 0.29) is 6.09 Å². The molecule has 0 saturated carbocycles. The summed E-state index contributed by atoms with van der Waals surface area (Å²) in [6.07, 6.45) is 2.48. The van der Waals surface area contributed by atoms with Crippen molar-refractivity contribution in [2.45, 2.75) is 32.8 Å². The van der Waals surface area contributed by atoms with Crippen molar-refractivity contribution in [1.82, 2.24) is 15.1 Å². The average Bonchev–Trinajstić information content (AvgIpc) is 2.59. The Morgan fingerprint density at radius 1 is 1.59 bits per heavy atom. The van der Waals surface area contributed by atoms with Crippen molar-refractivity contribution in [1.29, 1.82) is 0 Å². The summed E-state index contributed by atoms with van der Waals surface area (Å²) in [7, 11) is 0. The van der Waals surface area contributed by atoms with E-state index in [0.717, 1.165) is 25.2 Å². The highest BCUT2D eigenvalue weighted by atomic mass is 16.6. The largest absolute Gasteiger partial charge is 0.444 e. The zero-order valence-electron chi connectivity index (χ0n) is 10.6. The summed E-state index contributed by atoms with van der Waals surface area (Å²) in [4.78, 5) is 13.4. The fourth-order valence-corrected chi connectivity index (χ4v) is 1.88. The fourth-order valence-electron chi connectivity index (χ4n) is 1.88. The number of ether oxygens (including phenoxy) is 1. The maximum Gasteiger partial charge on any atom is 0.410 e. The minimum atomic E-state index is -0.411. The van der Waals surface area contributed by atoms with E-state index in [0.29, 0.717) is 5.92 Å². The Balaban J connectivity index is 1.73. The molecule has 0 aliphatic carbocycles.